The van der Waals surface area contributed by atoms with E-state index >= 15 is 0 Å². The third-order valence-electron chi connectivity index (χ3n) is 4.05. The average Bonchev–Trinajstić information content (AvgIpc) is 2.57. The van der Waals surface area contributed by atoms with Crippen molar-refractivity contribution in [2.45, 2.75) is 12.4 Å². The van der Waals surface area contributed by atoms with E-state index < -0.39 is 45.6 Å². The van der Waals surface area contributed by atoms with E-state index in [4.69, 9.17) is 4.42 Å². The van der Waals surface area contributed by atoms with Gasteiger partial charge >= 0.3 is 12.4 Å². The van der Waals surface area contributed by atoms with Gasteiger partial charge in [0.05, 0.1) is 22.1 Å². The summed E-state index contributed by atoms with van der Waals surface area (Å²) in [4.78, 5) is 12.7. The summed E-state index contributed by atoms with van der Waals surface area (Å²) in [5, 5.41) is -0.609. The number of benzene rings is 2. The summed E-state index contributed by atoms with van der Waals surface area (Å²) in [6.07, 6.45) is -8.70. The fourth-order valence-electron chi connectivity index (χ4n) is 2.80. The normalized spacial score (nSPS) is 12.5. The molecule has 27 heavy (non-hydrogen) atoms. The molecule has 3 aromatic rings. The molecule has 0 aliphatic rings. The summed E-state index contributed by atoms with van der Waals surface area (Å²) in [5.74, 6) is -0.457. The van der Waals surface area contributed by atoms with Gasteiger partial charge in [-0.25, -0.2) is 0 Å². The van der Waals surface area contributed by atoms with E-state index in [-0.39, 0.29) is 16.4 Å². The zero-order valence-corrected chi connectivity index (χ0v) is 13.5. The van der Waals surface area contributed by atoms with Crippen LogP contribution in [0.15, 0.2) is 52.7 Å². The molecule has 0 saturated carbocycles. The van der Waals surface area contributed by atoms with E-state index in [1.165, 1.54) is 18.2 Å². The van der Waals surface area contributed by atoms with E-state index in [0.717, 1.165) is 18.2 Å². The van der Waals surface area contributed by atoms with Crippen molar-refractivity contribution >= 4 is 33.4 Å². The van der Waals surface area contributed by atoms with Gasteiger partial charge in [0.25, 0.3) is 0 Å². The minimum absolute atomic E-state index is 0.123. The molecule has 0 fully saturated rings. The molecule has 0 unspecified atom stereocenters. The molecule has 140 valence electrons. The van der Waals surface area contributed by atoms with Crippen LogP contribution in [-0.2, 0) is 6.18 Å². The van der Waals surface area contributed by atoms with Crippen molar-refractivity contribution < 1.29 is 30.8 Å². The van der Waals surface area contributed by atoms with Crippen LogP contribution in [0.5, 0.6) is 0 Å². The van der Waals surface area contributed by atoms with Crippen LogP contribution in [0.3, 0.4) is 0 Å². The Morgan fingerprint density at radius 2 is 1.70 bits per heavy atom. The Hall–Kier alpha value is -3.03. The lowest BCUT2D eigenvalue weighted by molar-refractivity contribution is -0.136. The second-order valence-corrected chi connectivity index (χ2v) is 5.72. The fraction of sp³-hybridized carbons (Fsp3) is 0.105. The van der Waals surface area contributed by atoms with Gasteiger partial charge in [0.1, 0.15) is 11.3 Å². The highest BCUT2D eigenvalue weighted by Crippen LogP contribution is 2.38. The van der Waals surface area contributed by atoms with Crippen molar-refractivity contribution in [2.24, 2.45) is 0 Å². The zero-order valence-electron chi connectivity index (χ0n) is 13.5. The lowest BCUT2D eigenvalue weighted by Crippen LogP contribution is -2.19. The number of fused-ring (bicyclic) bond motifs is 2. The number of halogens is 6. The topological polar surface area (TPSA) is 30.2 Å². The first-order chi connectivity index (χ1) is 12.4. The Bertz CT molecular complexity index is 1150. The second kappa shape index (κ2) is 6.00. The van der Waals surface area contributed by atoms with E-state index in [1.54, 1.807) is 0 Å². The molecule has 0 N–H and O–H groups in total. The van der Waals surface area contributed by atoms with Gasteiger partial charge in [0, 0.05) is 0 Å². The molecule has 1 heterocycles. The molecule has 0 saturated heterocycles. The molecule has 0 aliphatic heterocycles. The van der Waals surface area contributed by atoms with Crippen LogP contribution in [-0.4, -0.2) is 6.18 Å². The average molecular weight is 384 g/mol. The molecule has 0 bridgehead atoms. The van der Waals surface area contributed by atoms with Gasteiger partial charge < -0.3 is 4.42 Å². The number of hydrogen-bond donors (Lipinski definition) is 0. The first-order valence-electron chi connectivity index (χ1n) is 7.45. The maximum atomic E-state index is 13.2. The van der Waals surface area contributed by atoms with E-state index in [0.29, 0.717) is 0 Å². The molecule has 0 spiro atoms. The number of alkyl halides is 6. The summed E-state index contributed by atoms with van der Waals surface area (Å²) >= 11 is 0. The van der Waals surface area contributed by atoms with Crippen LogP contribution < -0.4 is 5.43 Å². The molecule has 0 aliphatic carbocycles. The highest BCUT2D eigenvalue weighted by Gasteiger charge is 2.37. The van der Waals surface area contributed by atoms with Crippen molar-refractivity contribution in [3.05, 3.63) is 70.6 Å². The first-order valence-corrected chi connectivity index (χ1v) is 7.45. The maximum absolute atomic E-state index is 13.2. The Balaban J connectivity index is 2.47. The van der Waals surface area contributed by atoms with Gasteiger partial charge in [0.15, 0.2) is 0 Å². The molecule has 0 atom stereocenters. The van der Waals surface area contributed by atoms with Gasteiger partial charge in [0.2, 0.25) is 5.43 Å². The molecular weight excluding hydrogens is 374 g/mol. The number of allylic oxidation sites excluding steroid dienone is 1. The van der Waals surface area contributed by atoms with Crippen molar-refractivity contribution in [3.8, 4) is 0 Å². The minimum atomic E-state index is -4.92. The summed E-state index contributed by atoms with van der Waals surface area (Å²) in [7, 11) is 0. The lowest BCUT2D eigenvalue weighted by atomic mass is 9.98. The summed E-state index contributed by atoms with van der Waals surface area (Å²) in [6.45, 7) is 6.20. The van der Waals surface area contributed by atoms with Crippen molar-refractivity contribution in [1.29, 1.82) is 0 Å². The summed E-state index contributed by atoms with van der Waals surface area (Å²) in [6, 6.07) is 5.45. The monoisotopic (exact) mass is 384 g/mol. The van der Waals surface area contributed by atoms with Crippen LogP contribution in [0.25, 0.3) is 33.4 Å². The van der Waals surface area contributed by atoms with Crippen LogP contribution in [0.2, 0.25) is 0 Å². The van der Waals surface area contributed by atoms with Crippen LogP contribution >= 0.6 is 0 Å². The van der Waals surface area contributed by atoms with Crippen molar-refractivity contribution in [2.75, 3.05) is 0 Å². The molecule has 3 rings (SSSR count). The SMILES string of the molecule is C=Cc1oc2cc3cccc(C(F)(F)F)c3cc2c(=O)c1C(=C)C(F)(F)F. The standard InChI is InChI=1S/C19H10F6O2/c1-3-14-16(9(2)18(20,21)22)17(26)12-8-11-10(7-15(12)27-14)5-4-6-13(11)19(23,24)25/h3-8H,1-2H2. The number of hydrogen-bond acceptors (Lipinski definition) is 2. The van der Waals surface area contributed by atoms with Gasteiger partial charge in [-0.15, -0.1) is 0 Å². The van der Waals surface area contributed by atoms with Gasteiger partial charge in [-0.05, 0) is 35.0 Å². The molecule has 0 amide bonds. The third kappa shape index (κ3) is 3.11. The third-order valence-corrected chi connectivity index (χ3v) is 4.05. The Morgan fingerprint density at radius 1 is 1.04 bits per heavy atom. The van der Waals surface area contributed by atoms with Gasteiger partial charge in [-0.1, -0.05) is 25.3 Å². The Labute approximate surface area is 148 Å². The van der Waals surface area contributed by atoms with Gasteiger partial charge in [-0.2, -0.15) is 26.3 Å². The van der Waals surface area contributed by atoms with Crippen molar-refractivity contribution in [1.82, 2.24) is 0 Å². The molecule has 1 aromatic heterocycles. The molecule has 2 aromatic carbocycles. The molecule has 0 radical (unpaired) electrons. The fourth-order valence-corrected chi connectivity index (χ4v) is 2.80. The van der Waals surface area contributed by atoms with E-state index in [2.05, 4.69) is 13.2 Å². The minimum Gasteiger partial charge on any atom is -0.456 e. The highest BCUT2D eigenvalue weighted by molar-refractivity contribution is 5.98. The quantitative estimate of drug-likeness (QED) is 0.390. The lowest BCUT2D eigenvalue weighted by Gasteiger charge is -2.14. The van der Waals surface area contributed by atoms with Crippen molar-refractivity contribution in [3.63, 3.8) is 0 Å². The van der Waals surface area contributed by atoms with Crippen LogP contribution in [0, 0.1) is 0 Å². The molecule has 2 nitrogen and oxygen atoms in total. The highest BCUT2D eigenvalue weighted by atomic mass is 19.4. The first kappa shape index (κ1) is 18.8. The van der Waals surface area contributed by atoms with E-state index in [1.807, 2.05) is 0 Å². The number of rotatable bonds is 2. The zero-order chi connectivity index (χ0) is 20.1. The largest absolute Gasteiger partial charge is 0.456 e. The maximum Gasteiger partial charge on any atom is 0.417 e. The van der Waals surface area contributed by atoms with Crippen LogP contribution in [0.4, 0.5) is 26.3 Å². The second-order valence-electron chi connectivity index (χ2n) is 5.72. The van der Waals surface area contributed by atoms with E-state index in [9.17, 15) is 31.1 Å². The Morgan fingerprint density at radius 3 is 2.26 bits per heavy atom. The molecular formula is C19H10F6O2. The Kier molecular flexibility index (Phi) is 4.17. The van der Waals surface area contributed by atoms with Crippen LogP contribution in [0.1, 0.15) is 16.9 Å². The molecule has 8 heteroatoms. The smallest absolute Gasteiger partial charge is 0.417 e. The summed E-state index contributed by atoms with van der Waals surface area (Å²) < 4.78 is 84.1. The summed E-state index contributed by atoms with van der Waals surface area (Å²) in [5.41, 5.74) is -4.64. The van der Waals surface area contributed by atoms with Gasteiger partial charge in [-0.3, -0.25) is 4.79 Å². The predicted octanol–water partition coefficient (Wildman–Crippen LogP) is 6.18. The predicted molar refractivity (Wildman–Crippen MR) is 90.2 cm³/mol.